The van der Waals surface area contributed by atoms with Crippen LogP contribution in [0.15, 0.2) is 18.2 Å². The predicted molar refractivity (Wildman–Crippen MR) is 84.7 cm³/mol. The SMILES string of the molecule is O=C(c1ccc(F)c(F)c1)N1C[C@H]2CN(CC3CC3)CCO[C@H]2C1. The largest absolute Gasteiger partial charge is 0.375 e. The molecule has 1 saturated carbocycles. The second-order valence-electron chi connectivity index (χ2n) is 7.21. The van der Waals surface area contributed by atoms with E-state index in [0.29, 0.717) is 25.6 Å². The van der Waals surface area contributed by atoms with Crippen LogP contribution in [0.3, 0.4) is 0 Å². The number of carbonyl (C=O) groups excluding carboxylic acids is 1. The maximum atomic E-state index is 13.4. The van der Waals surface area contributed by atoms with E-state index in [4.69, 9.17) is 4.74 Å². The lowest BCUT2D eigenvalue weighted by atomic mass is 10.1. The molecular formula is C18H22F2N2O2. The zero-order valence-electron chi connectivity index (χ0n) is 13.6. The van der Waals surface area contributed by atoms with Crippen LogP contribution < -0.4 is 0 Å². The van der Waals surface area contributed by atoms with Crippen LogP contribution in [-0.4, -0.2) is 61.1 Å². The molecule has 4 nitrogen and oxygen atoms in total. The second-order valence-corrected chi connectivity index (χ2v) is 7.21. The molecule has 0 aromatic heterocycles. The number of rotatable bonds is 3. The van der Waals surface area contributed by atoms with Gasteiger partial charge in [-0.3, -0.25) is 4.79 Å². The predicted octanol–water partition coefficient (Wildman–Crippen LogP) is 2.15. The number of ether oxygens (including phenoxy) is 1. The average Bonchev–Trinajstić information content (AvgIpc) is 3.32. The third kappa shape index (κ3) is 3.30. The highest BCUT2D eigenvalue weighted by Gasteiger charge is 2.39. The van der Waals surface area contributed by atoms with Gasteiger partial charge in [-0.25, -0.2) is 8.78 Å². The summed E-state index contributed by atoms with van der Waals surface area (Å²) in [5, 5.41) is 0. The summed E-state index contributed by atoms with van der Waals surface area (Å²) >= 11 is 0. The fourth-order valence-electron chi connectivity index (χ4n) is 3.77. The van der Waals surface area contributed by atoms with Gasteiger partial charge in [0, 0.05) is 44.2 Å². The topological polar surface area (TPSA) is 32.8 Å². The summed E-state index contributed by atoms with van der Waals surface area (Å²) in [6, 6.07) is 3.33. The number of amides is 1. The average molecular weight is 336 g/mol. The van der Waals surface area contributed by atoms with Gasteiger partial charge in [0.15, 0.2) is 11.6 Å². The number of hydrogen-bond donors (Lipinski definition) is 0. The molecule has 0 radical (unpaired) electrons. The molecular weight excluding hydrogens is 314 g/mol. The van der Waals surface area contributed by atoms with Gasteiger partial charge in [-0.1, -0.05) is 0 Å². The first-order valence-electron chi connectivity index (χ1n) is 8.68. The van der Waals surface area contributed by atoms with Gasteiger partial charge in [-0.05, 0) is 37.0 Å². The van der Waals surface area contributed by atoms with E-state index in [9.17, 15) is 13.6 Å². The Balaban J connectivity index is 1.42. The van der Waals surface area contributed by atoms with Gasteiger partial charge >= 0.3 is 0 Å². The lowest BCUT2D eigenvalue weighted by Crippen LogP contribution is -2.35. The Hall–Kier alpha value is -1.53. The maximum Gasteiger partial charge on any atom is 0.254 e. The normalized spacial score (nSPS) is 27.8. The van der Waals surface area contributed by atoms with E-state index in [1.165, 1.54) is 18.9 Å². The van der Waals surface area contributed by atoms with E-state index in [1.54, 1.807) is 4.90 Å². The van der Waals surface area contributed by atoms with Gasteiger partial charge in [-0.15, -0.1) is 0 Å². The summed E-state index contributed by atoms with van der Waals surface area (Å²) in [6.45, 7) is 4.87. The van der Waals surface area contributed by atoms with E-state index in [2.05, 4.69) is 4.90 Å². The minimum Gasteiger partial charge on any atom is -0.375 e. The van der Waals surface area contributed by atoms with Crippen molar-refractivity contribution in [1.82, 2.24) is 9.80 Å². The zero-order valence-corrected chi connectivity index (χ0v) is 13.6. The zero-order chi connectivity index (χ0) is 16.7. The molecule has 6 heteroatoms. The van der Waals surface area contributed by atoms with Crippen molar-refractivity contribution in [2.45, 2.75) is 18.9 Å². The molecule has 0 unspecified atom stereocenters. The van der Waals surface area contributed by atoms with Crippen molar-refractivity contribution >= 4 is 5.91 Å². The van der Waals surface area contributed by atoms with Crippen LogP contribution in [0.4, 0.5) is 8.78 Å². The summed E-state index contributed by atoms with van der Waals surface area (Å²) in [7, 11) is 0. The Bertz CT molecular complexity index is 635. The third-order valence-electron chi connectivity index (χ3n) is 5.28. The van der Waals surface area contributed by atoms with Crippen LogP contribution in [0.1, 0.15) is 23.2 Å². The molecule has 3 fully saturated rings. The van der Waals surface area contributed by atoms with E-state index in [1.807, 2.05) is 0 Å². The quantitative estimate of drug-likeness (QED) is 0.848. The minimum absolute atomic E-state index is 0.0449. The molecule has 0 spiro atoms. The molecule has 1 aliphatic carbocycles. The number of hydrogen-bond acceptors (Lipinski definition) is 3. The van der Waals surface area contributed by atoms with Crippen LogP contribution in [0.25, 0.3) is 0 Å². The van der Waals surface area contributed by atoms with Crippen molar-refractivity contribution in [3.63, 3.8) is 0 Å². The Labute approximate surface area is 140 Å². The Morgan fingerprint density at radius 1 is 1.17 bits per heavy atom. The number of halogens is 2. The first-order chi connectivity index (χ1) is 11.6. The van der Waals surface area contributed by atoms with Gasteiger partial charge in [0.2, 0.25) is 0 Å². The molecule has 1 aromatic carbocycles. The highest BCUT2D eigenvalue weighted by molar-refractivity contribution is 5.94. The van der Waals surface area contributed by atoms with Crippen molar-refractivity contribution in [3.8, 4) is 0 Å². The van der Waals surface area contributed by atoms with Crippen molar-refractivity contribution in [3.05, 3.63) is 35.4 Å². The van der Waals surface area contributed by atoms with Gasteiger partial charge in [0.1, 0.15) is 0 Å². The Kier molecular flexibility index (Phi) is 4.26. The summed E-state index contributed by atoms with van der Waals surface area (Å²) in [5.74, 6) is -1.04. The number of nitrogens with zero attached hydrogens (tertiary/aromatic N) is 2. The fourth-order valence-corrected chi connectivity index (χ4v) is 3.77. The molecule has 4 rings (SSSR count). The van der Waals surface area contributed by atoms with Crippen LogP contribution in [-0.2, 0) is 4.74 Å². The molecule has 0 N–H and O–H groups in total. The molecule has 2 heterocycles. The molecule has 2 saturated heterocycles. The first kappa shape index (κ1) is 16.0. The van der Waals surface area contributed by atoms with Crippen LogP contribution in [0.2, 0.25) is 0 Å². The Morgan fingerprint density at radius 3 is 2.75 bits per heavy atom. The Morgan fingerprint density at radius 2 is 2.00 bits per heavy atom. The second kappa shape index (κ2) is 6.41. The van der Waals surface area contributed by atoms with Crippen LogP contribution in [0, 0.1) is 23.5 Å². The molecule has 0 bridgehead atoms. The van der Waals surface area contributed by atoms with Crippen LogP contribution >= 0.6 is 0 Å². The monoisotopic (exact) mass is 336 g/mol. The van der Waals surface area contributed by atoms with Crippen molar-refractivity contribution in [2.75, 3.05) is 39.3 Å². The lowest BCUT2D eigenvalue weighted by Gasteiger charge is -2.23. The van der Waals surface area contributed by atoms with E-state index in [-0.39, 0.29) is 17.6 Å². The standard InChI is InChI=1S/C18H22F2N2O2/c19-15-4-3-13(7-16(15)20)18(23)22-10-14-9-21(8-12-1-2-12)5-6-24-17(14)11-22/h3-4,7,12,14,17H,1-2,5-6,8-11H2/t14-,17+/m1/s1. The van der Waals surface area contributed by atoms with Gasteiger partial charge < -0.3 is 14.5 Å². The summed E-state index contributed by atoms with van der Waals surface area (Å²) in [4.78, 5) is 16.7. The molecule has 3 aliphatic rings. The van der Waals surface area contributed by atoms with Crippen molar-refractivity contribution < 1.29 is 18.3 Å². The van der Waals surface area contributed by atoms with E-state index >= 15 is 0 Å². The molecule has 2 aliphatic heterocycles. The number of fused-ring (bicyclic) bond motifs is 1. The lowest BCUT2D eigenvalue weighted by molar-refractivity contribution is 0.0484. The summed E-state index contributed by atoms with van der Waals surface area (Å²) in [5.41, 5.74) is 0.195. The van der Waals surface area contributed by atoms with Crippen molar-refractivity contribution in [2.24, 2.45) is 11.8 Å². The van der Waals surface area contributed by atoms with Gasteiger partial charge in [-0.2, -0.15) is 0 Å². The molecule has 1 amide bonds. The highest BCUT2D eigenvalue weighted by atomic mass is 19.2. The van der Waals surface area contributed by atoms with Gasteiger partial charge in [0.25, 0.3) is 5.91 Å². The first-order valence-corrected chi connectivity index (χ1v) is 8.68. The maximum absolute atomic E-state index is 13.4. The summed E-state index contributed by atoms with van der Waals surface area (Å²) < 4.78 is 32.4. The molecule has 130 valence electrons. The summed E-state index contributed by atoms with van der Waals surface area (Å²) in [6.07, 6.45) is 2.70. The fraction of sp³-hybridized carbons (Fsp3) is 0.611. The van der Waals surface area contributed by atoms with E-state index < -0.39 is 11.6 Å². The minimum atomic E-state index is -0.985. The highest BCUT2D eigenvalue weighted by Crippen LogP contribution is 2.32. The molecule has 1 aromatic rings. The van der Waals surface area contributed by atoms with Crippen molar-refractivity contribution in [1.29, 1.82) is 0 Å². The smallest absolute Gasteiger partial charge is 0.254 e. The number of carbonyl (C=O) groups is 1. The molecule has 24 heavy (non-hydrogen) atoms. The number of benzene rings is 1. The van der Waals surface area contributed by atoms with Gasteiger partial charge in [0.05, 0.1) is 12.7 Å². The van der Waals surface area contributed by atoms with E-state index in [0.717, 1.165) is 37.7 Å². The third-order valence-corrected chi connectivity index (χ3v) is 5.28. The molecule has 2 atom stereocenters. The van der Waals surface area contributed by atoms with Crippen LogP contribution in [0.5, 0.6) is 0 Å². The number of likely N-dealkylation sites (tertiary alicyclic amines) is 1.